The molecule has 5 nitrogen and oxygen atoms in total. The van der Waals surface area contributed by atoms with Crippen LogP contribution in [-0.2, 0) is 9.53 Å². The van der Waals surface area contributed by atoms with Crippen molar-refractivity contribution >= 4 is 39.9 Å². The fraction of sp³-hybridized carbons (Fsp3) is 0.182. The number of nitrogens with one attached hydrogen (secondary N) is 1. The molecule has 0 saturated carbocycles. The molecule has 0 spiro atoms. The van der Waals surface area contributed by atoms with Gasteiger partial charge in [-0.2, -0.15) is 0 Å². The van der Waals surface area contributed by atoms with Crippen molar-refractivity contribution in [1.82, 2.24) is 0 Å². The van der Waals surface area contributed by atoms with Crippen LogP contribution in [0.4, 0.5) is 5.69 Å². The number of ether oxygens (including phenoxy) is 2. The normalized spacial score (nSPS) is 10.6. The van der Waals surface area contributed by atoms with Gasteiger partial charge in [0.05, 0.1) is 23.4 Å². The van der Waals surface area contributed by atoms with Gasteiger partial charge in [-0.05, 0) is 48.6 Å². The number of methoxy groups -OCH3 is 1. The van der Waals surface area contributed by atoms with Crippen LogP contribution in [0.5, 0.6) is 5.75 Å². The molecule has 0 saturated heterocycles. The van der Waals surface area contributed by atoms with Crippen LogP contribution in [-0.4, -0.2) is 25.6 Å². The predicted octanol–water partition coefficient (Wildman–Crippen LogP) is 4.91. The molecule has 0 fully saturated rings. The molecular formula is C22H20ClNO4. The minimum Gasteiger partial charge on any atom is -0.496 e. The Bertz CT molecular complexity index is 1040. The fourth-order valence-electron chi connectivity index (χ4n) is 3.09. The smallest absolute Gasteiger partial charge is 0.339 e. The third kappa shape index (κ3) is 4.10. The third-order valence-electron chi connectivity index (χ3n) is 4.35. The summed E-state index contributed by atoms with van der Waals surface area (Å²) >= 11 is 6.20. The van der Waals surface area contributed by atoms with Crippen LogP contribution in [0, 0.1) is 13.8 Å². The Balaban J connectivity index is 1.73. The third-order valence-corrected chi connectivity index (χ3v) is 4.65. The van der Waals surface area contributed by atoms with Crippen molar-refractivity contribution in [3.8, 4) is 5.75 Å². The monoisotopic (exact) mass is 397 g/mol. The Hall–Kier alpha value is -3.05. The van der Waals surface area contributed by atoms with Crippen molar-refractivity contribution in [2.45, 2.75) is 13.8 Å². The van der Waals surface area contributed by atoms with E-state index in [1.807, 2.05) is 44.2 Å². The highest BCUT2D eigenvalue weighted by molar-refractivity contribution is 6.34. The number of esters is 1. The van der Waals surface area contributed by atoms with E-state index in [0.717, 1.165) is 16.5 Å². The van der Waals surface area contributed by atoms with Crippen molar-refractivity contribution in [3.05, 3.63) is 70.2 Å². The molecule has 1 amide bonds. The first-order valence-corrected chi connectivity index (χ1v) is 9.08. The number of hydrogen-bond acceptors (Lipinski definition) is 4. The summed E-state index contributed by atoms with van der Waals surface area (Å²) in [7, 11) is 1.57. The molecule has 1 N–H and O–H groups in total. The van der Waals surface area contributed by atoms with E-state index in [1.165, 1.54) is 0 Å². The zero-order valence-electron chi connectivity index (χ0n) is 15.8. The second-order valence-corrected chi connectivity index (χ2v) is 6.83. The standard InChI is InChI=1S/C22H20ClNO4/c1-13-10-14(2)21(18(23)11-13)24-20(25)12-28-22(26)17-8-9-19(27-3)16-7-5-4-6-15(16)17/h4-11H,12H2,1-3H3,(H,24,25). The van der Waals surface area contributed by atoms with E-state index in [0.29, 0.717) is 27.4 Å². The van der Waals surface area contributed by atoms with Gasteiger partial charge in [0.25, 0.3) is 5.91 Å². The summed E-state index contributed by atoms with van der Waals surface area (Å²) in [6, 6.07) is 14.4. The number of anilines is 1. The molecule has 3 rings (SSSR count). The summed E-state index contributed by atoms with van der Waals surface area (Å²) in [4.78, 5) is 24.8. The molecule has 0 bridgehead atoms. The van der Waals surface area contributed by atoms with Gasteiger partial charge in [-0.1, -0.05) is 41.9 Å². The molecule has 0 aliphatic heterocycles. The maximum atomic E-state index is 12.5. The van der Waals surface area contributed by atoms with E-state index in [9.17, 15) is 9.59 Å². The quantitative estimate of drug-likeness (QED) is 0.621. The van der Waals surface area contributed by atoms with E-state index in [-0.39, 0.29) is 0 Å². The van der Waals surface area contributed by atoms with Gasteiger partial charge >= 0.3 is 5.97 Å². The molecule has 0 radical (unpaired) electrons. The summed E-state index contributed by atoms with van der Waals surface area (Å²) < 4.78 is 10.5. The van der Waals surface area contributed by atoms with E-state index >= 15 is 0 Å². The van der Waals surface area contributed by atoms with Gasteiger partial charge in [0.1, 0.15) is 5.75 Å². The lowest BCUT2D eigenvalue weighted by Crippen LogP contribution is -2.21. The SMILES string of the molecule is COc1ccc(C(=O)OCC(=O)Nc2c(C)cc(C)cc2Cl)c2ccccc12. The maximum absolute atomic E-state index is 12.5. The number of hydrogen-bond donors (Lipinski definition) is 1. The lowest BCUT2D eigenvalue weighted by molar-refractivity contribution is -0.119. The topological polar surface area (TPSA) is 64.6 Å². The maximum Gasteiger partial charge on any atom is 0.339 e. The second kappa shape index (κ2) is 8.31. The number of halogens is 1. The first kappa shape index (κ1) is 19.7. The summed E-state index contributed by atoms with van der Waals surface area (Å²) in [5, 5.41) is 4.64. The van der Waals surface area contributed by atoms with Crippen LogP contribution in [0.25, 0.3) is 10.8 Å². The summed E-state index contributed by atoms with van der Waals surface area (Å²) in [6.07, 6.45) is 0. The summed E-state index contributed by atoms with van der Waals surface area (Å²) in [5.74, 6) is -0.380. The van der Waals surface area contributed by atoms with Crippen molar-refractivity contribution < 1.29 is 19.1 Å². The molecular weight excluding hydrogens is 378 g/mol. The van der Waals surface area contributed by atoms with Gasteiger partial charge < -0.3 is 14.8 Å². The fourth-order valence-corrected chi connectivity index (χ4v) is 3.45. The highest BCUT2D eigenvalue weighted by Gasteiger charge is 2.16. The number of carbonyl (C=O) groups is 2. The molecule has 144 valence electrons. The van der Waals surface area contributed by atoms with Crippen LogP contribution in [0.15, 0.2) is 48.5 Å². The molecule has 0 atom stereocenters. The molecule has 3 aromatic carbocycles. The molecule has 0 aromatic heterocycles. The minimum absolute atomic E-state index is 0.369. The largest absolute Gasteiger partial charge is 0.496 e. The van der Waals surface area contributed by atoms with E-state index in [1.54, 1.807) is 25.3 Å². The van der Waals surface area contributed by atoms with Crippen molar-refractivity contribution in [1.29, 1.82) is 0 Å². The molecule has 0 heterocycles. The van der Waals surface area contributed by atoms with Crippen molar-refractivity contribution in [3.63, 3.8) is 0 Å². The van der Waals surface area contributed by atoms with Crippen LogP contribution in [0.1, 0.15) is 21.5 Å². The van der Waals surface area contributed by atoms with E-state index in [2.05, 4.69) is 5.32 Å². The van der Waals surface area contributed by atoms with E-state index in [4.69, 9.17) is 21.1 Å². The number of fused-ring (bicyclic) bond motifs is 1. The minimum atomic E-state index is -0.583. The lowest BCUT2D eigenvalue weighted by atomic mass is 10.0. The Morgan fingerprint density at radius 2 is 1.75 bits per heavy atom. The molecule has 28 heavy (non-hydrogen) atoms. The van der Waals surface area contributed by atoms with Crippen LogP contribution < -0.4 is 10.1 Å². The highest BCUT2D eigenvalue weighted by atomic mass is 35.5. The predicted molar refractivity (Wildman–Crippen MR) is 110 cm³/mol. The van der Waals surface area contributed by atoms with Gasteiger partial charge in [0.2, 0.25) is 0 Å². The number of rotatable bonds is 5. The Kier molecular flexibility index (Phi) is 5.85. The van der Waals surface area contributed by atoms with Crippen LogP contribution in [0.2, 0.25) is 5.02 Å². The Morgan fingerprint density at radius 1 is 1.04 bits per heavy atom. The van der Waals surface area contributed by atoms with Crippen molar-refractivity contribution in [2.75, 3.05) is 19.0 Å². The summed E-state index contributed by atoms with van der Waals surface area (Å²) in [6.45, 7) is 3.36. The average molecular weight is 398 g/mol. The average Bonchev–Trinajstić information content (AvgIpc) is 2.68. The number of carbonyl (C=O) groups excluding carboxylic acids is 2. The Labute approximate surface area is 168 Å². The van der Waals surface area contributed by atoms with E-state index < -0.39 is 18.5 Å². The molecule has 0 aliphatic carbocycles. The van der Waals surface area contributed by atoms with Crippen molar-refractivity contribution in [2.24, 2.45) is 0 Å². The van der Waals surface area contributed by atoms with Gasteiger partial charge in [0, 0.05) is 5.39 Å². The van der Waals surface area contributed by atoms with Gasteiger partial charge in [-0.15, -0.1) is 0 Å². The molecule has 3 aromatic rings. The second-order valence-electron chi connectivity index (χ2n) is 6.42. The Morgan fingerprint density at radius 3 is 2.43 bits per heavy atom. The first-order valence-electron chi connectivity index (χ1n) is 8.70. The molecule has 6 heteroatoms. The lowest BCUT2D eigenvalue weighted by Gasteiger charge is -2.13. The number of aryl methyl sites for hydroxylation is 2. The molecule has 0 unspecified atom stereocenters. The zero-order chi connectivity index (χ0) is 20.3. The first-order chi connectivity index (χ1) is 13.4. The number of amides is 1. The van der Waals surface area contributed by atoms with Crippen LogP contribution >= 0.6 is 11.6 Å². The zero-order valence-corrected chi connectivity index (χ0v) is 16.6. The van der Waals surface area contributed by atoms with Crippen LogP contribution in [0.3, 0.4) is 0 Å². The molecule has 0 aliphatic rings. The number of benzene rings is 3. The van der Waals surface area contributed by atoms with Gasteiger partial charge in [-0.25, -0.2) is 4.79 Å². The summed E-state index contributed by atoms with van der Waals surface area (Å²) in [5.41, 5.74) is 2.72. The van der Waals surface area contributed by atoms with Gasteiger partial charge in [-0.3, -0.25) is 4.79 Å². The van der Waals surface area contributed by atoms with Gasteiger partial charge in [0.15, 0.2) is 6.61 Å². The highest BCUT2D eigenvalue weighted by Crippen LogP contribution is 2.29.